The largest absolute Gasteiger partial charge is 0.389 e. The Labute approximate surface area is 172 Å². The number of nitrogens with one attached hydrogen (secondary N) is 1. The summed E-state index contributed by atoms with van der Waals surface area (Å²) in [6, 6.07) is 7.64. The van der Waals surface area contributed by atoms with E-state index >= 15 is 0 Å². The first-order valence-corrected chi connectivity index (χ1v) is 10.9. The monoisotopic (exact) mass is 396 g/mol. The van der Waals surface area contributed by atoms with Gasteiger partial charge in [-0.05, 0) is 69.8 Å². The van der Waals surface area contributed by atoms with Crippen molar-refractivity contribution in [1.82, 2.24) is 19.8 Å². The summed E-state index contributed by atoms with van der Waals surface area (Å²) in [4.78, 5) is 19.5. The maximum absolute atomic E-state index is 12.8. The summed E-state index contributed by atoms with van der Waals surface area (Å²) in [5, 5.41) is 13.9. The fourth-order valence-corrected chi connectivity index (χ4v) is 4.74. The number of amides is 1. The summed E-state index contributed by atoms with van der Waals surface area (Å²) in [6.45, 7) is 5.23. The van der Waals surface area contributed by atoms with Crippen molar-refractivity contribution in [3.8, 4) is 0 Å². The quantitative estimate of drug-likeness (QED) is 0.815. The molecule has 0 spiro atoms. The molecule has 29 heavy (non-hydrogen) atoms. The van der Waals surface area contributed by atoms with Gasteiger partial charge in [-0.25, -0.2) is 4.98 Å². The van der Waals surface area contributed by atoms with Gasteiger partial charge in [0.15, 0.2) is 0 Å². The summed E-state index contributed by atoms with van der Waals surface area (Å²) in [6.07, 6.45) is 9.62. The number of carbonyl (C=O) groups excluding carboxylic acids is 1. The number of aryl methyl sites for hydroxylation is 1. The first-order valence-electron chi connectivity index (χ1n) is 10.9. The number of aliphatic hydroxyl groups excluding tert-OH is 1. The number of aromatic nitrogens is 2. The third-order valence-corrected chi connectivity index (χ3v) is 6.43. The van der Waals surface area contributed by atoms with Crippen LogP contribution in [0.3, 0.4) is 0 Å². The molecule has 0 radical (unpaired) electrons. The molecular weight excluding hydrogens is 364 g/mol. The van der Waals surface area contributed by atoms with Crippen molar-refractivity contribution in [1.29, 1.82) is 0 Å². The van der Waals surface area contributed by atoms with Gasteiger partial charge in [-0.3, -0.25) is 9.69 Å². The molecule has 1 aromatic carbocycles. The van der Waals surface area contributed by atoms with E-state index in [2.05, 4.69) is 27.3 Å². The second kappa shape index (κ2) is 9.09. The summed E-state index contributed by atoms with van der Waals surface area (Å²) in [5.41, 5.74) is 1.90. The van der Waals surface area contributed by atoms with E-state index in [-0.39, 0.29) is 18.0 Å². The molecule has 2 N–H and O–H groups in total. The van der Waals surface area contributed by atoms with Crippen LogP contribution in [-0.4, -0.2) is 50.7 Å². The highest BCUT2D eigenvalue weighted by atomic mass is 16.3. The van der Waals surface area contributed by atoms with Crippen molar-refractivity contribution in [2.45, 2.75) is 70.2 Å². The van der Waals surface area contributed by atoms with E-state index < -0.39 is 6.10 Å². The van der Waals surface area contributed by atoms with Crippen LogP contribution in [0.15, 0.2) is 36.7 Å². The van der Waals surface area contributed by atoms with Crippen molar-refractivity contribution < 1.29 is 9.90 Å². The number of hydrogen-bond acceptors (Lipinski definition) is 4. The SMILES string of the molecule is Cc1nccn1[C@@H]1CCC[C@@H](NC(=O)c2ccc(CN3CCCCC3)cc2)[C@H]1O. The number of piperidine rings is 1. The standard InChI is InChI=1S/C23H32N4O2/c1-17-24-12-15-27(17)21-7-5-6-20(22(21)28)25-23(29)19-10-8-18(9-11-19)16-26-13-3-2-4-14-26/h8-12,15,20-22,28H,2-7,13-14,16H2,1H3,(H,25,29)/t20-,21-,22-/m1/s1. The van der Waals surface area contributed by atoms with Crippen LogP contribution < -0.4 is 5.32 Å². The molecule has 1 aliphatic carbocycles. The molecule has 2 heterocycles. The molecule has 156 valence electrons. The Morgan fingerprint density at radius 2 is 1.90 bits per heavy atom. The number of hydrogen-bond donors (Lipinski definition) is 2. The molecule has 0 unspecified atom stereocenters. The first kappa shape index (κ1) is 20.1. The summed E-state index contributed by atoms with van der Waals surface area (Å²) in [7, 11) is 0. The maximum Gasteiger partial charge on any atom is 0.251 e. The summed E-state index contributed by atoms with van der Waals surface area (Å²) >= 11 is 0. The van der Waals surface area contributed by atoms with Crippen molar-refractivity contribution >= 4 is 5.91 Å². The van der Waals surface area contributed by atoms with Crippen LogP contribution in [0.5, 0.6) is 0 Å². The van der Waals surface area contributed by atoms with Crippen molar-refractivity contribution in [3.63, 3.8) is 0 Å². The zero-order valence-electron chi connectivity index (χ0n) is 17.3. The molecule has 2 fully saturated rings. The van der Waals surface area contributed by atoms with Gasteiger partial charge in [-0.1, -0.05) is 18.6 Å². The lowest BCUT2D eigenvalue weighted by Gasteiger charge is -2.36. The van der Waals surface area contributed by atoms with Gasteiger partial charge < -0.3 is 15.0 Å². The van der Waals surface area contributed by atoms with Crippen LogP contribution in [0.2, 0.25) is 0 Å². The van der Waals surface area contributed by atoms with Gasteiger partial charge in [0.25, 0.3) is 5.91 Å². The highest BCUT2D eigenvalue weighted by Crippen LogP contribution is 2.30. The molecule has 3 atom stereocenters. The Kier molecular flexibility index (Phi) is 6.31. The fourth-order valence-electron chi connectivity index (χ4n) is 4.74. The lowest BCUT2D eigenvalue weighted by Crippen LogP contribution is -2.49. The van der Waals surface area contributed by atoms with E-state index in [4.69, 9.17) is 0 Å². The highest BCUT2D eigenvalue weighted by Gasteiger charge is 2.34. The molecule has 2 aromatic rings. The summed E-state index contributed by atoms with van der Waals surface area (Å²) < 4.78 is 2.03. The van der Waals surface area contributed by atoms with E-state index in [9.17, 15) is 9.90 Å². The minimum Gasteiger partial charge on any atom is -0.389 e. The third-order valence-electron chi connectivity index (χ3n) is 6.43. The van der Waals surface area contributed by atoms with E-state index in [1.807, 2.05) is 29.8 Å². The van der Waals surface area contributed by atoms with E-state index in [1.54, 1.807) is 6.20 Å². The predicted molar refractivity (Wildman–Crippen MR) is 113 cm³/mol. The maximum atomic E-state index is 12.8. The number of nitrogens with zero attached hydrogens (tertiary/aromatic N) is 3. The van der Waals surface area contributed by atoms with E-state index in [0.29, 0.717) is 5.56 Å². The number of aliphatic hydroxyl groups is 1. The normalized spacial score (nSPS) is 25.7. The van der Waals surface area contributed by atoms with Crippen LogP contribution in [0.1, 0.15) is 66.3 Å². The minimum absolute atomic E-state index is 0.0385. The molecule has 6 heteroatoms. The molecular formula is C23H32N4O2. The second-order valence-corrected chi connectivity index (χ2v) is 8.48. The molecule has 1 amide bonds. The Balaban J connectivity index is 1.36. The molecule has 1 aromatic heterocycles. The molecule has 1 aliphatic heterocycles. The Morgan fingerprint density at radius 3 is 2.59 bits per heavy atom. The Hall–Kier alpha value is -2.18. The average Bonchev–Trinajstić information content (AvgIpc) is 3.16. The minimum atomic E-state index is -0.612. The fraction of sp³-hybridized carbons (Fsp3) is 0.565. The molecule has 0 bridgehead atoms. The molecule has 2 aliphatic rings. The van der Waals surface area contributed by atoms with Crippen LogP contribution in [0.4, 0.5) is 0 Å². The Bertz CT molecular complexity index is 811. The van der Waals surface area contributed by atoms with Gasteiger partial charge >= 0.3 is 0 Å². The van der Waals surface area contributed by atoms with E-state index in [0.717, 1.165) is 31.6 Å². The zero-order valence-corrected chi connectivity index (χ0v) is 17.3. The van der Waals surface area contributed by atoms with Crippen molar-refractivity contribution in [2.75, 3.05) is 13.1 Å². The number of carbonyl (C=O) groups is 1. The van der Waals surface area contributed by atoms with Gasteiger partial charge in [0.05, 0.1) is 18.2 Å². The Morgan fingerprint density at radius 1 is 1.14 bits per heavy atom. The van der Waals surface area contributed by atoms with Crippen LogP contribution in [0.25, 0.3) is 0 Å². The van der Waals surface area contributed by atoms with E-state index in [1.165, 1.54) is 37.9 Å². The smallest absolute Gasteiger partial charge is 0.251 e. The highest BCUT2D eigenvalue weighted by molar-refractivity contribution is 5.94. The van der Waals surface area contributed by atoms with Crippen LogP contribution in [0, 0.1) is 6.92 Å². The van der Waals surface area contributed by atoms with Gasteiger partial charge in [-0.2, -0.15) is 0 Å². The van der Waals surface area contributed by atoms with Crippen LogP contribution in [-0.2, 0) is 6.54 Å². The lowest BCUT2D eigenvalue weighted by molar-refractivity contribution is 0.0392. The average molecular weight is 397 g/mol. The molecule has 1 saturated carbocycles. The van der Waals surface area contributed by atoms with Gasteiger partial charge in [0.2, 0.25) is 0 Å². The van der Waals surface area contributed by atoms with Gasteiger partial charge in [0, 0.05) is 24.5 Å². The number of imidazole rings is 1. The predicted octanol–water partition coefficient (Wildman–Crippen LogP) is 3.06. The summed E-state index contributed by atoms with van der Waals surface area (Å²) in [5.74, 6) is 0.784. The lowest BCUT2D eigenvalue weighted by atomic mass is 9.87. The second-order valence-electron chi connectivity index (χ2n) is 8.48. The third kappa shape index (κ3) is 4.70. The van der Waals surface area contributed by atoms with Crippen molar-refractivity contribution in [3.05, 3.63) is 53.6 Å². The molecule has 6 nitrogen and oxygen atoms in total. The van der Waals surface area contributed by atoms with Crippen LogP contribution >= 0.6 is 0 Å². The molecule has 4 rings (SSSR count). The number of likely N-dealkylation sites (tertiary alicyclic amines) is 1. The zero-order chi connectivity index (χ0) is 20.2. The number of benzene rings is 1. The van der Waals surface area contributed by atoms with Gasteiger partial charge in [-0.15, -0.1) is 0 Å². The van der Waals surface area contributed by atoms with Gasteiger partial charge in [0.1, 0.15) is 5.82 Å². The molecule has 1 saturated heterocycles. The number of rotatable bonds is 5. The van der Waals surface area contributed by atoms with Crippen molar-refractivity contribution in [2.24, 2.45) is 0 Å². The first-order chi connectivity index (χ1) is 14.1. The topological polar surface area (TPSA) is 70.4 Å².